The van der Waals surface area contributed by atoms with Crippen molar-refractivity contribution in [1.82, 2.24) is 9.97 Å². The van der Waals surface area contributed by atoms with Crippen molar-refractivity contribution in [2.45, 2.75) is 26.1 Å². The molecule has 0 unspecified atom stereocenters. The highest BCUT2D eigenvalue weighted by molar-refractivity contribution is 5.90. The molecule has 31 heavy (non-hydrogen) atoms. The molecule has 0 saturated carbocycles. The molecular weight excluding hydrogens is 412 g/mol. The van der Waals surface area contributed by atoms with Crippen molar-refractivity contribution >= 4 is 29.4 Å². The first kappa shape index (κ1) is 22.5. The van der Waals surface area contributed by atoms with Gasteiger partial charge < -0.3 is 14.5 Å². The van der Waals surface area contributed by atoms with Crippen molar-refractivity contribution in [3.63, 3.8) is 0 Å². The summed E-state index contributed by atoms with van der Waals surface area (Å²) in [7, 11) is 1.38. The topological polar surface area (TPSA) is 64.2 Å². The van der Waals surface area contributed by atoms with Crippen molar-refractivity contribution in [1.29, 1.82) is 0 Å². The number of ether oxygens (including phenoxy) is 2. The molecule has 3 aromatic carbocycles. The Morgan fingerprint density at radius 1 is 0.871 bits per heavy atom. The zero-order chi connectivity index (χ0) is 20.8. The molecule has 0 atom stereocenters. The normalized spacial score (nSPS) is 10.6. The molecule has 0 bridgehead atoms. The van der Waals surface area contributed by atoms with Crippen LogP contribution in [0.3, 0.4) is 0 Å². The summed E-state index contributed by atoms with van der Waals surface area (Å²) in [6.45, 7) is 0.739. The summed E-state index contributed by atoms with van der Waals surface area (Å²) >= 11 is 0. The molecule has 1 heterocycles. The molecule has 4 rings (SSSR count). The Morgan fingerprint density at radius 3 is 2.39 bits per heavy atom. The summed E-state index contributed by atoms with van der Waals surface area (Å²) in [5, 5.41) is 0. The molecule has 0 radical (unpaired) electrons. The van der Waals surface area contributed by atoms with E-state index in [-0.39, 0.29) is 18.4 Å². The van der Waals surface area contributed by atoms with Gasteiger partial charge >= 0.3 is 5.97 Å². The van der Waals surface area contributed by atoms with Gasteiger partial charge in [0, 0.05) is 12.0 Å². The van der Waals surface area contributed by atoms with Crippen LogP contribution in [-0.2, 0) is 35.5 Å². The first-order valence-electron chi connectivity index (χ1n) is 9.99. The van der Waals surface area contributed by atoms with Gasteiger partial charge in [0.15, 0.2) is 0 Å². The van der Waals surface area contributed by atoms with Gasteiger partial charge in [-0.2, -0.15) is 0 Å². The lowest BCUT2D eigenvalue weighted by molar-refractivity contribution is 0.0590. The van der Waals surface area contributed by atoms with Gasteiger partial charge in [0.05, 0.1) is 36.9 Å². The monoisotopic (exact) mass is 436 g/mol. The van der Waals surface area contributed by atoms with Gasteiger partial charge in [-0.15, -0.1) is 12.4 Å². The molecule has 0 fully saturated rings. The van der Waals surface area contributed by atoms with Gasteiger partial charge in [0.2, 0.25) is 0 Å². The van der Waals surface area contributed by atoms with E-state index in [0.29, 0.717) is 18.8 Å². The highest BCUT2D eigenvalue weighted by atomic mass is 35.5. The highest BCUT2D eigenvalue weighted by Crippen LogP contribution is 2.20. The standard InChI is InChI=1S/C25H24N2O3.ClH/c1-29-25(28)21-12-6-5-10-19(21)16-30-17-20-11-7-13-22-24(20)27-23(26-22)15-14-18-8-3-2-4-9-18;/h2-13H,14-17H2,1H3,(H,26,27);1H. The maximum Gasteiger partial charge on any atom is 0.338 e. The van der Waals surface area contributed by atoms with E-state index in [1.54, 1.807) is 6.07 Å². The van der Waals surface area contributed by atoms with E-state index in [0.717, 1.165) is 40.8 Å². The van der Waals surface area contributed by atoms with Gasteiger partial charge in [0.1, 0.15) is 5.82 Å². The van der Waals surface area contributed by atoms with Crippen molar-refractivity contribution in [3.05, 3.63) is 101 Å². The van der Waals surface area contributed by atoms with Crippen LogP contribution in [0.2, 0.25) is 0 Å². The minimum Gasteiger partial charge on any atom is -0.465 e. The van der Waals surface area contributed by atoms with Gasteiger partial charge in [-0.1, -0.05) is 60.7 Å². The van der Waals surface area contributed by atoms with E-state index in [2.05, 4.69) is 29.2 Å². The van der Waals surface area contributed by atoms with Crippen molar-refractivity contribution in [3.8, 4) is 0 Å². The van der Waals surface area contributed by atoms with Crippen LogP contribution in [0, 0.1) is 0 Å². The third-order valence-corrected chi connectivity index (χ3v) is 5.08. The van der Waals surface area contributed by atoms with Gasteiger partial charge in [-0.3, -0.25) is 0 Å². The lowest BCUT2D eigenvalue weighted by atomic mass is 10.1. The molecule has 4 aromatic rings. The third kappa shape index (κ3) is 5.51. The van der Waals surface area contributed by atoms with E-state index >= 15 is 0 Å². The molecule has 0 saturated heterocycles. The number of fused-ring (bicyclic) bond motifs is 1. The average molecular weight is 437 g/mol. The number of nitrogens with zero attached hydrogens (tertiary/aromatic N) is 1. The third-order valence-electron chi connectivity index (χ3n) is 5.08. The van der Waals surface area contributed by atoms with Crippen LogP contribution in [0.1, 0.15) is 32.9 Å². The van der Waals surface area contributed by atoms with Crippen molar-refractivity contribution in [2.24, 2.45) is 0 Å². The minimum atomic E-state index is -0.355. The molecule has 0 aliphatic carbocycles. The fraction of sp³-hybridized carbons (Fsp3) is 0.200. The second-order valence-electron chi connectivity index (χ2n) is 7.12. The number of imidazole rings is 1. The Morgan fingerprint density at radius 2 is 1.58 bits per heavy atom. The number of halogens is 1. The Labute approximate surface area is 187 Å². The fourth-order valence-corrected chi connectivity index (χ4v) is 3.51. The zero-order valence-corrected chi connectivity index (χ0v) is 18.2. The van der Waals surface area contributed by atoms with Crippen LogP contribution >= 0.6 is 12.4 Å². The van der Waals surface area contributed by atoms with Crippen LogP contribution < -0.4 is 0 Å². The number of nitrogens with one attached hydrogen (secondary N) is 1. The van der Waals surface area contributed by atoms with E-state index < -0.39 is 0 Å². The number of aryl methyl sites for hydroxylation is 2. The van der Waals surface area contributed by atoms with Crippen molar-refractivity contribution < 1.29 is 14.3 Å². The molecule has 0 amide bonds. The molecule has 1 aromatic heterocycles. The van der Waals surface area contributed by atoms with E-state index in [1.165, 1.54) is 12.7 Å². The number of benzene rings is 3. The summed E-state index contributed by atoms with van der Waals surface area (Å²) in [5.74, 6) is 0.615. The number of H-pyrrole nitrogens is 1. The van der Waals surface area contributed by atoms with Crippen LogP contribution in [0.15, 0.2) is 72.8 Å². The van der Waals surface area contributed by atoms with Crippen LogP contribution in [0.4, 0.5) is 0 Å². The van der Waals surface area contributed by atoms with Crippen molar-refractivity contribution in [2.75, 3.05) is 7.11 Å². The highest BCUT2D eigenvalue weighted by Gasteiger charge is 2.12. The molecule has 0 spiro atoms. The quantitative estimate of drug-likeness (QED) is 0.382. The Kier molecular flexibility index (Phi) is 7.82. The van der Waals surface area contributed by atoms with Gasteiger partial charge in [-0.25, -0.2) is 9.78 Å². The summed E-state index contributed by atoms with van der Waals surface area (Å²) in [6, 6.07) is 23.8. The molecule has 6 heteroatoms. The van der Waals surface area contributed by atoms with E-state index in [1.807, 2.05) is 42.5 Å². The second-order valence-corrected chi connectivity index (χ2v) is 7.12. The number of para-hydroxylation sites is 1. The lowest BCUT2D eigenvalue weighted by Gasteiger charge is -2.09. The number of hydrogen-bond acceptors (Lipinski definition) is 4. The Bertz CT molecular complexity index is 1140. The maximum atomic E-state index is 11.9. The summed E-state index contributed by atoms with van der Waals surface area (Å²) in [5.41, 5.74) is 5.59. The predicted molar refractivity (Wildman–Crippen MR) is 123 cm³/mol. The van der Waals surface area contributed by atoms with E-state index in [4.69, 9.17) is 14.5 Å². The summed E-state index contributed by atoms with van der Waals surface area (Å²) < 4.78 is 10.8. The predicted octanol–water partition coefficient (Wildman–Crippen LogP) is 5.27. The Balaban J connectivity index is 0.00000272. The number of carbonyl (C=O) groups is 1. The first-order chi connectivity index (χ1) is 14.7. The largest absolute Gasteiger partial charge is 0.465 e. The number of hydrogen-bond donors (Lipinski definition) is 1. The maximum absolute atomic E-state index is 11.9. The molecule has 5 nitrogen and oxygen atoms in total. The van der Waals surface area contributed by atoms with Crippen LogP contribution in [-0.4, -0.2) is 23.0 Å². The second kappa shape index (κ2) is 10.8. The SMILES string of the molecule is COC(=O)c1ccccc1COCc1cccc2[nH]c(CCc3ccccc3)nc12.Cl. The molecule has 0 aliphatic heterocycles. The molecule has 160 valence electrons. The van der Waals surface area contributed by atoms with Crippen LogP contribution in [0.5, 0.6) is 0 Å². The molecule has 0 aliphatic rings. The lowest BCUT2D eigenvalue weighted by Crippen LogP contribution is -2.06. The van der Waals surface area contributed by atoms with Gasteiger partial charge in [-0.05, 0) is 29.7 Å². The minimum absolute atomic E-state index is 0. The summed E-state index contributed by atoms with van der Waals surface area (Å²) in [6.07, 6.45) is 1.79. The molecular formula is C25H25ClN2O3. The number of esters is 1. The fourth-order valence-electron chi connectivity index (χ4n) is 3.51. The number of methoxy groups -OCH3 is 1. The Hall–Kier alpha value is -3.15. The number of rotatable bonds is 8. The zero-order valence-electron chi connectivity index (χ0n) is 17.3. The number of carbonyl (C=O) groups excluding carboxylic acids is 1. The smallest absolute Gasteiger partial charge is 0.338 e. The number of aromatic nitrogens is 2. The van der Waals surface area contributed by atoms with Crippen LogP contribution in [0.25, 0.3) is 11.0 Å². The average Bonchev–Trinajstić information content (AvgIpc) is 3.22. The molecule has 1 N–H and O–H groups in total. The van der Waals surface area contributed by atoms with E-state index in [9.17, 15) is 4.79 Å². The first-order valence-corrected chi connectivity index (χ1v) is 9.99. The summed E-state index contributed by atoms with van der Waals surface area (Å²) in [4.78, 5) is 20.1. The number of aromatic amines is 1. The van der Waals surface area contributed by atoms with Gasteiger partial charge in [0.25, 0.3) is 0 Å².